The minimum atomic E-state index is 0.471. The van der Waals surface area contributed by atoms with E-state index in [1.165, 1.54) is 0 Å². The highest BCUT2D eigenvalue weighted by Gasteiger charge is 2.09. The Morgan fingerprint density at radius 2 is 1.88 bits per heavy atom. The zero-order chi connectivity index (χ0) is 12.4. The first-order chi connectivity index (χ1) is 8.15. The number of anilines is 1. The van der Waals surface area contributed by atoms with Gasteiger partial charge in [0.15, 0.2) is 0 Å². The summed E-state index contributed by atoms with van der Waals surface area (Å²) in [5, 5.41) is 12.4. The third-order valence-electron chi connectivity index (χ3n) is 2.64. The summed E-state index contributed by atoms with van der Waals surface area (Å²) in [7, 11) is 0. The molecule has 0 saturated heterocycles. The second-order valence-corrected chi connectivity index (χ2v) is 3.85. The molecule has 0 aliphatic carbocycles. The second-order valence-electron chi connectivity index (χ2n) is 3.85. The highest BCUT2D eigenvalue weighted by Crippen LogP contribution is 2.11. The van der Waals surface area contributed by atoms with E-state index in [0.29, 0.717) is 11.8 Å². The molecule has 0 radical (unpaired) electrons. The van der Waals surface area contributed by atoms with Crippen molar-refractivity contribution >= 4 is 5.82 Å². The van der Waals surface area contributed by atoms with Gasteiger partial charge in [0.05, 0.1) is 11.4 Å². The van der Waals surface area contributed by atoms with Crippen LogP contribution >= 0.6 is 0 Å². The van der Waals surface area contributed by atoms with Gasteiger partial charge in [0.25, 0.3) is 5.95 Å². The van der Waals surface area contributed by atoms with Crippen LogP contribution in [0.15, 0.2) is 6.20 Å². The smallest absolute Gasteiger partial charge is 0.270 e. The fourth-order valence-corrected chi connectivity index (χ4v) is 1.60. The summed E-state index contributed by atoms with van der Waals surface area (Å²) < 4.78 is 1.57. The van der Waals surface area contributed by atoms with Gasteiger partial charge in [0.1, 0.15) is 5.82 Å². The lowest BCUT2D eigenvalue weighted by molar-refractivity contribution is 0.731. The van der Waals surface area contributed by atoms with Gasteiger partial charge < -0.3 is 5.73 Å². The molecule has 0 unspecified atom stereocenters. The molecule has 0 bridgehead atoms. The Balaban J connectivity index is 2.46. The number of nitrogens with zero attached hydrogens (tertiary/aromatic N) is 5. The number of rotatable bonds is 3. The van der Waals surface area contributed by atoms with Gasteiger partial charge in [-0.2, -0.15) is 0 Å². The fourth-order valence-electron chi connectivity index (χ4n) is 1.60. The van der Waals surface area contributed by atoms with Crippen molar-refractivity contribution in [3.05, 3.63) is 23.1 Å². The van der Waals surface area contributed by atoms with Gasteiger partial charge in [-0.3, -0.25) is 0 Å². The van der Waals surface area contributed by atoms with Crippen molar-refractivity contribution in [2.75, 3.05) is 5.73 Å². The van der Waals surface area contributed by atoms with Gasteiger partial charge >= 0.3 is 0 Å². The average Bonchev–Trinajstić information content (AvgIpc) is 2.68. The van der Waals surface area contributed by atoms with Crippen molar-refractivity contribution in [3.63, 3.8) is 0 Å². The van der Waals surface area contributed by atoms with Crippen LogP contribution in [0.25, 0.3) is 5.95 Å². The van der Waals surface area contributed by atoms with E-state index in [2.05, 4.69) is 27.2 Å². The Bertz CT molecular complexity index is 511. The predicted molar refractivity (Wildman–Crippen MR) is 64.9 cm³/mol. The van der Waals surface area contributed by atoms with Gasteiger partial charge in [-0.15, -0.1) is 15.3 Å². The number of nitrogens with two attached hydrogens (primary N) is 1. The Morgan fingerprint density at radius 1 is 1.18 bits per heavy atom. The van der Waals surface area contributed by atoms with Crippen LogP contribution in [0.1, 0.15) is 30.8 Å². The maximum atomic E-state index is 5.70. The van der Waals surface area contributed by atoms with Gasteiger partial charge in [-0.25, -0.2) is 9.67 Å². The molecule has 90 valence electrons. The minimum absolute atomic E-state index is 0.471. The molecule has 2 N–H and O–H groups in total. The van der Waals surface area contributed by atoms with Crippen molar-refractivity contribution in [3.8, 4) is 5.95 Å². The molecule has 0 aliphatic heterocycles. The molecule has 0 fully saturated rings. The molecule has 0 spiro atoms. The van der Waals surface area contributed by atoms with E-state index in [4.69, 9.17) is 5.73 Å². The van der Waals surface area contributed by atoms with Crippen LogP contribution in [0.2, 0.25) is 0 Å². The lowest BCUT2D eigenvalue weighted by Gasteiger charge is -2.04. The van der Waals surface area contributed by atoms with E-state index in [0.717, 1.165) is 29.8 Å². The third kappa shape index (κ3) is 2.11. The van der Waals surface area contributed by atoms with Crippen molar-refractivity contribution < 1.29 is 0 Å². The van der Waals surface area contributed by atoms with Gasteiger partial charge in [0, 0.05) is 11.8 Å². The SMILES string of the molecule is CCc1nnc(-n2cc(C)c(N)n2)nc1CC. The van der Waals surface area contributed by atoms with Crippen LogP contribution in [0.3, 0.4) is 0 Å². The van der Waals surface area contributed by atoms with Crippen LogP contribution in [-0.2, 0) is 12.8 Å². The summed E-state index contributed by atoms with van der Waals surface area (Å²) in [5.41, 5.74) is 8.51. The minimum Gasteiger partial charge on any atom is -0.382 e. The molecule has 0 atom stereocenters. The Morgan fingerprint density at radius 3 is 2.41 bits per heavy atom. The molecule has 0 amide bonds. The summed E-state index contributed by atoms with van der Waals surface area (Å²) in [6.45, 7) is 5.99. The topological polar surface area (TPSA) is 82.5 Å². The summed E-state index contributed by atoms with van der Waals surface area (Å²) in [6, 6.07) is 0. The first-order valence-corrected chi connectivity index (χ1v) is 5.70. The van der Waals surface area contributed by atoms with Crippen molar-refractivity contribution in [2.45, 2.75) is 33.6 Å². The maximum absolute atomic E-state index is 5.70. The largest absolute Gasteiger partial charge is 0.382 e. The predicted octanol–water partition coefficient (Wildman–Crippen LogP) is 1.07. The summed E-state index contributed by atoms with van der Waals surface area (Å²) in [5.74, 6) is 0.963. The third-order valence-corrected chi connectivity index (χ3v) is 2.64. The monoisotopic (exact) mass is 232 g/mol. The second kappa shape index (κ2) is 4.48. The Kier molecular flexibility index (Phi) is 3.03. The molecule has 0 aromatic carbocycles. The molecular weight excluding hydrogens is 216 g/mol. The van der Waals surface area contributed by atoms with Crippen molar-refractivity contribution in [1.82, 2.24) is 25.0 Å². The number of hydrogen-bond donors (Lipinski definition) is 1. The highest BCUT2D eigenvalue weighted by atomic mass is 15.4. The summed E-state index contributed by atoms with van der Waals surface area (Å²) >= 11 is 0. The first kappa shape index (κ1) is 11.5. The standard InChI is InChI=1S/C11H16N6/c1-4-8-9(5-2)14-15-11(13-8)17-6-7(3)10(12)16-17/h6H,4-5H2,1-3H3,(H2,12,16). The lowest BCUT2D eigenvalue weighted by Crippen LogP contribution is -2.09. The van der Waals surface area contributed by atoms with Crippen LogP contribution in [0, 0.1) is 6.92 Å². The van der Waals surface area contributed by atoms with Crippen LogP contribution in [0.4, 0.5) is 5.82 Å². The van der Waals surface area contributed by atoms with Crippen LogP contribution in [-0.4, -0.2) is 25.0 Å². The molecule has 6 nitrogen and oxygen atoms in total. The van der Waals surface area contributed by atoms with E-state index >= 15 is 0 Å². The van der Waals surface area contributed by atoms with Gasteiger partial charge in [-0.05, 0) is 19.8 Å². The van der Waals surface area contributed by atoms with Crippen LogP contribution < -0.4 is 5.73 Å². The van der Waals surface area contributed by atoms with Crippen LogP contribution in [0.5, 0.6) is 0 Å². The summed E-state index contributed by atoms with van der Waals surface area (Å²) in [4.78, 5) is 4.46. The quantitative estimate of drug-likeness (QED) is 0.856. The molecule has 2 aromatic rings. The molecule has 2 aromatic heterocycles. The first-order valence-electron chi connectivity index (χ1n) is 5.70. The molecule has 0 saturated carbocycles. The zero-order valence-electron chi connectivity index (χ0n) is 10.3. The van der Waals surface area contributed by atoms with E-state index in [9.17, 15) is 0 Å². The average molecular weight is 232 g/mol. The number of aromatic nitrogens is 5. The molecule has 2 heterocycles. The number of hydrogen-bond acceptors (Lipinski definition) is 5. The van der Waals surface area contributed by atoms with Crippen molar-refractivity contribution in [1.29, 1.82) is 0 Å². The van der Waals surface area contributed by atoms with E-state index in [1.807, 2.05) is 13.8 Å². The Hall–Kier alpha value is -1.98. The lowest BCUT2D eigenvalue weighted by atomic mass is 10.2. The van der Waals surface area contributed by atoms with E-state index < -0.39 is 0 Å². The molecule has 0 aliphatic rings. The van der Waals surface area contributed by atoms with Gasteiger partial charge in [-0.1, -0.05) is 13.8 Å². The zero-order valence-corrected chi connectivity index (χ0v) is 10.3. The fraction of sp³-hybridized carbons (Fsp3) is 0.455. The van der Waals surface area contributed by atoms with Gasteiger partial charge in [0.2, 0.25) is 0 Å². The number of nitrogen functional groups attached to an aromatic ring is 1. The van der Waals surface area contributed by atoms with E-state index in [-0.39, 0.29) is 0 Å². The summed E-state index contributed by atoms with van der Waals surface area (Å²) in [6.07, 6.45) is 3.47. The normalized spacial score (nSPS) is 10.8. The highest BCUT2D eigenvalue weighted by molar-refractivity contribution is 5.37. The Labute approximate surface area is 99.9 Å². The molecular formula is C11H16N6. The van der Waals surface area contributed by atoms with E-state index in [1.54, 1.807) is 10.9 Å². The molecule has 2 rings (SSSR count). The maximum Gasteiger partial charge on any atom is 0.270 e. The molecule has 6 heteroatoms. The van der Waals surface area contributed by atoms with Crippen molar-refractivity contribution in [2.24, 2.45) is 0 Å². The number of aryl methyl sites for hydroxylation is 3. The molecule has 17 heavy (non-hydrogen) atoms.